The maximum absolute atomic E-state index is 13.7. The molecule has 6 nitrogen and oxygen atoms in total. The van der Waals surface area contributed by atoms with Gasteiger partial charge in [-0.2, -0.15) is 0 Å². The van der Waals surface area contributed by atoms with Crippen LogP contribution in [0.3, 0.4) is 0 Å². The lowest BCUT2D eigenvalue weighted by atomic mass is 10.1. The molecule has 2 aliphatic heterocycles. The van der Waals surface area contributed by atoms with Gasteiger partial charge in [0.1, 0.15) is 5.69 Å². The molecule has 0 aliphatic carbocycles. The van der Waals surface area contributed by atoms with E-state index in [0.29, 0.717) is 35.4 Å². The fourth-order valence-corrected chi connectivity index (χ4v) is 5.24. The van der Waals surface area contributed by atoms with Crippen molar-refractivity contribution in [3.05, 3.63) is 93.6 Å². The molecular formula is C28H25Cl2N3O3. The molecule has 3 aromatic carbocycles. The van der Waals surface area contributed by atoms with E-state index in [4.69, 9.17) is 32.7 Å². The zero-order valence-electron chi connectivity index (χ0n) is 19.6. The molecule has 2 aliphatic rings. The number of amides is 1. The van der Waals surface area contributed by atoms with Crippen LogP contribution < -0.4 is 9.47 Å². The number of piperazine rings is 1. The lowest BCUT2D eigenvalue weighted by Gasteiger charge is -2.35. The van der Waals surface area contributed by atoms with Crippen LogP contribution >= 0.6 is 23.2 Å². The zero-order valence-corrected chi connectivity index (χ0v) is 21.1. The Hall–Kier alpha value is -3.19. The van der Waals surface area contributed by atoms with E-state index < -0.39 is 0 Å². The predicted molar refractivity (Wildman–Crippen MR) is 141 cm³/mol. The van der Waals surface area contributed by atoms with E-state index in [1.807, 2.05) is 65.6 Å². The molecule has 0 N–H and O–H groups in total. The highest BCUT2D eigenvalue weighted by atomic mass is 35.5. The molecular weight excluding hydrogens is 497 g/mol. The minimum atomic E-state index is 0.0408. The van der Waals surface area contributed by atoms with Gasteiger partial charge in [-0.25, -0.2) is 0 Å². The van der Waals surface area contributed by atoms with Crippen LogP contribution in [-0.2, 0) is 13.1 Å². The van der Waals surface area contributed by atoms with Crippen molar-refractivity contribution in [2.24, 2.45) is 0 Å². The number of carbonyl (C=O) groups excluding carboxylic acids is 1. The molecule has 36 heavy (non-hydrogen) atoms. The van der Waals surface area contributed by atoms with Gasteiger partial charge >= 0.3 is 0 Å². The molecule has 1 aromatic heterocycles. The second-order valence-corrected chi connectivity index (χ2v) is 10.1. The van der Waals surface area contributed by atoms with Gasteiger partial charge in [-0.1, -0.05) is 41.4 Å². The minimum Gasteiger partial charge on any atom is -0.454 e. The standard InChI is InChI=1S/C28H25Cl2N3O3/c29-22-4-1-19(2-5-22)17-33-24-7-6-23(30)14-21(24)15-25(33)28(34)32-11-9-31(10-12-32)16-20-3-8-26-27(13-20)36-18-35-26/h1-8,13-15H,9-12,16-18H2. The van der Waals surface area contributed by atoms with E-state index >= 15 is 0 Å². The third-order valence-electron chi connectivity index (χ3n) is 6.84. The number of nitrogens with zero attached hydrogens (tertiary/aromatic N) is 3. The summed E-state index contributed by atoms with van der Waals surface area (Å²) >= 11 is 12.3. The normalized spacial score (nSPS) is 15.6. The molecule has 6 rings (SSSR count). The van der Waals surface area contributed by atoms with Crippen molar-refractivity contribution < 1.29 is 14.3 Å². The smallest absolute Gasteiger partial charge is 0.270 e. The van der Waals surface area contributed by atoms with Crippen LogP contribution in [0, 0.1) is 0 Å². The molecule has 0 saturated carbocycles. The van der Waals surface area contributed by atoms with E-state index in [9.17, 15) is 4.79 Å². The first-order valence-electron chi connectivity index (χ1n) is 12.0. The van der Waals surface area contributed by atoms with Crippen LogP contribution in [0.2, 0.25) is 10.0 Å². The van der Waals surface area contributed by atoms with Gasteiger partial charge in [0, 0.05) is 60.2 Å². The summed E-state index contributed by atoms with van der Waals surface area (Å²) < 4.78 is 13.0. The second kappa shape index (κ2) is 9.69. The summed E-state index contributed by atoms with van der Waals surface area (Å²) in [4.78, 5) is 18.0. The van der Waals surface area contributed by atoms with Gasteiger partial charge in [0.15, 0.2) is 11.5 Å². The molecule has 0 atom stereocenters. The van der Waals surface area contributed by atoms with Crippen LogP contribution in [0.1, 0.15) is 21.6 Å². The summed E-state index contributed by atoms with van der Waals surface area (Å²) in [5, 5.41) is 2.31. The maximum atomic E-state index is 13.7. The lowest BCUT2D eigenvalue weighted by molar-refractivity contribution is 0.0619. The molecule has 1 amide bonds. The molecule has 4 aromatic rings. The van der Waals surface area contributed by atoms with E-state index in [0.717, 1.165) is 47.6 Å². The topological polar surface area (TPSA) is 46.9 Å². The van der Waals surface area contributed by atoms with Gasteiger partial charge in [-0.05, 0) is 59.7 Å². The lowest BCUT2D eigenvalue weighted by Crippen LogP contribution is -2.48. The Morgan fingerprint density at radius 1 is 0.750 bits per heavy atom. The quantitative estimate of drug-likeness (QED) is 0.338. The Balaban J connectivity index is 1.19. The largest absolute Gasteiger partial charge is 0.454 e. The monoisotopic (exact) mass is 521 g/mol. The zero-order chi connectivity index (χ0) is 24.6. The SMILES string of the molecule is O=C(c1cc2cc(Cl)ccc2n1Cc1ccc(Cl)cc1)N1CCN(Cc2ccc3c(c2)OCO3)CC1. The van der Waals surface area contributed by atoms with Crippen LogP contribution in [0.15, 0.2) is 66.7 Å². The highest BCUT2D eigenvalue weighted by Gasteiger charge is 2.26. The molecule has 0 spiro atoms. The average Bonchev–Trinajstić information content (AvgIpc) is 3.49. The van der Waals surface area contributed by atoms with Crippen molar-refractivity contribution in [3.8, 4) is 11.5 Å². The molecule has 0 unspecified atom stereocenters. The third kappa shape index (κ3) is 4.64. The fraction of sp³-hybridized carbons (Fsp3) is 0.250. The van der Waals surface area contributed by atoms with Gasteiger partial charge < -0.3 is 18.9 Å². The van der Waals surface area contributed by atoms with Crippen molar-refractivity contribution in [2.45, 2.75) is 13.1 Å². The van der Waals surface area contributed by atoms with Gasteiger partial charge in [-0.3, -0.25) is 9.69 Å². The summed E-state index contributed by atoms with van der Waals surface area (Å²) in [7, 11) is 0. The average molecular weight is 522 g/mol. The number of aromatic nitrogens is 1. The number of carbonyl (C=O) groups is 1. The summed E-state index contributed by atoms with van der Waals surface area (Å²) in [6, 6.07) is 21.5. The van der Waals surface area contributed by atoms with Crippen molar-refractivity contribution in [2.75, 3.05) is 33.0 Å². The van der Waals surface area contributed by atoms with Crippen LogP contribution in [0.25, 0.3) is 10.9 Å². The number of ether oxygens (including phenoxy) is 2. The summed E-state index contributed by atoms with van der Waals surface area (Å²) in [6.07, 6.45) is 0. The Labute approximate surface area is 219 Å². The van der Waals surface area contributed by atoms with Gasteiger partial charge in [0.2, 0.25) is 6.79 Å². The Morgan fingerprint density at radius 3 is 2.28 bits per heavy atom. The molecule has 1 fully saturated rings. The van der Waals surface area contributed by atoms with Gasteiger partial charge in [-0.15, -0.1) is 0 Å². The summed E-state index contributed by atoms with van der Waals surface area (Å²) in [6.45, 7) is 4.63. The Bertz CT molecular complexity index is 1430. The Morgan fingerprint density at radius 2 is 1.47 bits per heavy atom. The highest BCUT2D eigenvalue weighted by Crippen LogP contribution is 2.33. The van der Waals surface area contributed by atoms with E-state index in [1.54, 1.807) is 0 Å². The molecule has 3 heterocycles. The van der Waals surface area contributed by atoms with Crippen LogP contribution in [0.5, 0.6) is 11.5 Å². The van der Waals surface area contributed by atoms with Gasteiger partial charge in [0.25, 0.3) is 5.91 Å². The Kier molecular flexibility index (Phi) is 6.25. The minimum absolute atomic E-state index is 0.0408. The first-order valence-corrected chi connectivity index (χ1v) is 12.7. The molecule has 1 saturated heterocycles. The first kappa shape index (κ1) is 23.2. The number of hydrogen-bond acceptors (Lipinski definition) is 4. The van der Waals surface area contributed by atoms with E-state index in [-0.39, 0.29) is 12.7 Å². The van der Waals surface area contributed by atoms with Gasteiger partial charge in [0.05, 0.1) is 0 Å². The third-order valence-corrected chi connectivity index (χ3v) is 7.33. The number of fused-ring (bicyclic) bond motifs is 2. The van der Waals surface area contributed by atoms with Crippen molar-refractivity contribution in [1.29, 1.82) is 0 Å². The molecule has 8 heteroatoms. The predicted octanol–water partition coefficient (Wildman–Crippen LogP) is 5.68. The molecule has 184 valence electrons. The summed E-state index contributed by atoms with van der Waals surface area (Å²) in [5.41, 5.74) is 3.92. The van der Waals surface area contributed by atoms with E-state index in [1.165, 1.54) is 5.56 Å². The van der Waals surface area contributed by atoms with Crippen molar-refractivity contribution >= 4 is 40.0 Å². The second-order valence-electron chi connectivity index (χ2n) is 9.20. The number of hydrogen-bond donors (Lipinski definition) is 0. The summed E-state index contributed by atoms with van der Waals surface area (Å²) in [5.74, 6) is 1.64. The van der Waals surface area contributed by atoms with Crippen molar-refractivity contribution in [3.63, 3.8) is 0 Å². The number of rotatable bonds is 5. The molecule has 0 radical (unpaired) electrons. The number of benzene rings is 3. The first-order chi connectivity index (χ1) is 17.5. The van der Waals surface area contributed by atoms with Crippen molar-refractivity contribution in [1.82, 2.24) is 14.4 Å². The maximum Gasteiger partial charge on any atom is 0.270 e. The highest BCUT2D eigenvalue weighted by molar-refractivity contribution is 6.31. The van der Waals surface area contributed by atoms with Crippen LogP contribution in [-0.4, -0.2) is 53.2 Å². The fourth-order valence-electron chi connectivity index (χ4n) is 4.93. The van der Waals surface area contributed by atoms with E-state index in [2.05, 4.69) is 15.5 Å². The number of halogens is 2. The van der Waals surface area contributed by atoms with Crippen LogP contribution in [0.4, 0.5) is 0 Å². The molecule has 0 bridgehead atoms.